The predicted octanol–water partition coefficient (Wildman–Crippen LogP) is 2.65. The smallest absolute Gasteiger partial charge is 0.321 e. The molecule has 0 aliphatic heterocycles. The number of aryl methyl sites for hydroxylation is 1. The molecule has 0 saturated carbocycles. The van der Waals surface area contributed by atoms with Crippen LogP contribution in [0.3, 0.4) is 0 Å². The van der Waals surface area contributed by atoms with E-state index in [0.29, 0.717) is 5.82 Å². The van der Waals surface area contributed by atoms with Crippen LogP contribution in [0.25, 0.3) is 10.9 Å². The van der Waals surface area contributed by atoms with Crippen molar-refractivity contribution < 1.29 is 9.59 Å². The number of hydrogen-bond donors (Lipinski definition) is 2. The SMILES string of the molecule is Cc1nc(S[C@@H](C)C(=O)NC(=O)NC(C)C)c2ccccc2n1. The van der Waals surface area contributed by atoms with Crippen LogP contribution < -0.4 is 10.6 Å². The summed E-state index contributed by atoms with van der Waals surface area (Å²) in [5, 5.41) is 6.15. The van der Waals surface area contributed by atoms with E-state index in [1.807, 2.05) is 45.0 Å². The van der Waals surface area contributed by atoms with Gasteiger partial charge in [0, 0.05) is 11.4 Å². The molecule has 23 heavy (non-hydrogen) atoms. The van der Waals surface area contributed by atoms with Crippen LogP contribution in [0.2, 0.25) is 0 Å². The fourth-order valence-electron chi connectivity index (χ4n) is 1.98. The second-order valence-corrected chi connectivity index (χ2v) is 6.80. The van der Waals surface area contributed by atoms with Gasteiger partial charge in [-0.1, -0.05) is 30.0 Å². The predicted molar refractivity (Wildman–Crippen MR) is 91.4 cm³/mol. The first-order chi connectivity index (χ1) is 10.9. The number of urea groups is 1. The van der Waals surface area contributed by atoms with Crippen LogP contribution in [-0.2, 0) is 4.79 Å². The zero-order valence-corrected chi connectivity index (χ0v) is 14.4. The highest BCUT2D eigenvalue weighted by molar-refractivity contribution is 8.00. The fraction of sp³-hybridized carbons (Fsp3) is 0.375. The number of aromatic nitrogens is 2. The summed E-state index contributed by atoms with van der Waals surface area (Å²) in [7, 11) is 0. The van der Waals surface area contributed by atoms with E-state index in [9.17, 15) is 9.59 Å². The van der Waals surface area contributed by atoms with Crippen LogP contribution in [0, 0.1) is 6.92 Å². The number of carbonyl (C=O) groups excluding carboxylic acids is 2. The summed E-state index contributed by atoms with van der Waals surface area (Å²) in [6.45, 7) is 7.22. The molecule has 2 aromatic rings. The van der Waals surface area contributed by atoms with Crippen molar-refractivity contribution in [3.8, 4) is 0 Å². The minimum absolute atomic E-state index is 0.0285. The van der Waals surface area contributed by atoms with Crippen LogP contribution in [0.4, 0.5) is 4.79 Å². The molecule has 1 aromatic heterocycles. The highest BCUT2D eigenvalue weighted by Gasteiger charge is 2.19. The molecule has 1 aromatic carbocycles. The van der Waals surface area contributed by atoms with E-state index in [2.05, 4.69) is 20.6 Å². The topological polar surface area (TPSA) is 84.0 Å². The van der Waals surface area contributed by atoms with Crippen molar-refractivity contribution in [1.82, 2.24) is 20.6 Å². The Kier molecular flexibility index (Phi) is 5.54. The maximum absolute atomic E-state index is 12.1. The van der Waals surface area contributed by atoms with E-state index in [4.69, 9.17) is 0 Å². The van der Waals surface area contributed by atoms with E-state index < -0.39 is 11.3 Å². The summed E-state index contributed by atoms with van der Waals surface area (Å²) in [6, 6.07) is 7.14. The lowest BCUT2D eigenvalue weighted by molar-refractivity contribution is -0.119. The molecule has 6 nitrogen and oxygen atoms in total. The van der Waals surface area contributed by atoms with Crippen molar-refractivity contribution in [2.45, 2.75) is 44.0 Å². The molecule has 0 unspecified atom stereocenters. The standard InChI is InChI=1S/C16H20N4O2S/c1-9(2)17-16(22)20-14(21)10(3)23-15-12-7-5-6-8-13(12)18-11(4)19-15/h5-10H,1-4H3,(H2,17,20,21,22)/t10-/m0/s1. The Bertz CT molecular complexity index is 733. The number of fused-ring (bicyclic) bond motifs is 1. The third-order valence-electron chi connectivity index (χ3n) is 2.99. The third-order valence-corrected chi connectivity index (χ3v) is 4.10. The summed E-state index contributed by atoms with van der Waals surface area (Å²) < 4.78 is 0. The molecule has 2 N–H and O–H groups in total. The Hall–Kier alpha value is -2.15. The van der Waals surface area contributed by atoms with E-state index in [-0.39, 0.29) is 11.9 Å². The van der Waals surface area contributed by atoms with Crippen molar-refractivity contribution in [3.63, 3.8) is 0 Å². The first-order valence-corrected chi connectivity index (χ1v) is 8.26. The molecule has 122 valence electrons. The number of rotatable bonds is 4. The number of nitrogens with zero attached hydrogens (tertiary/aromatic N) is 2. The van der Waals surface area contributed by atoms with Crippen molar-refractivity contribution >= 4 is 34.6 Å². The van der Waals surface area contributed by atoms with Gasteiger partial charge in [0.2, 0.25) is 5.91 Å². The Morgan fingerprint density at radius 3 is 2.52 bits per heavy atom. The second-order valence-electron chi connectivity index (χ2n) is 5.47. The molecular weight excluding hydrogens is 312 g/mol. The largest absolute Gasteiger partial charge is 0.336 e. The van der Waals surface area contributed by atoms with Crippen LogP contribution in [0.1, 0.15) is 26.6 Å². The lowest BCUT2D eigenvalue weighted by atomic mass is 10.2. The van der Waals surface area contributed by atoms with Gasteiger partial charge in [-0.15, -0.1) is 0 Å². The van der Waals surface area contributed by atoms with Gasteiger partial charge in [0.25, 0.3) is 0 Å². The molecule has 0 radical (unpaired) electrons. The maximum Gasteiger partial charge on any atom is 0.321 e. The normalized spacial score (nSPS) is 12.2. The third kappa shape index (κ3) is 4.66. The van der Waals surface area contributed by atoms with Crippen LogP contribution in [-0.4, -0.2) is 33.2 Å². The first kappa shape index (κ1) is 17.2. The molecule has 1 heterocycles. The number of para-hydroxylation sites is 1. The van der Waals surface area contributed by atoms with Crippen molar-refractivity contribution in [2.75, 3.05) is 0 Å². The number of carbonyl (C=O) groups is 2. The van der Waals surface area contributed by atoms with E-state index in [0.717, 1.165) is 15.9 Å². The Morgan fingerprint density at radius 1 is 1.13 bits per heavy atom. The fourth-order valence-corrected chi connectivity index (χ4v) is 2.97. The van der Waals surface area contributed by atoms with Gasteiger partial charge in [-0.2, -0.15) is 0 Å². The van der Waals surface area contributed by atoms with Gasteiger partial charge in [-0.05, 0) is 33.8 Å². The van der Waals surface area contributed by atoms with Gasteiger partial charge in [-0.25, -0.2) is 14.8 Å². The van der Waals surface area contributed by atoms with Crippen molar-refractivity contribution in [2.24, 2.45) is 0 Å². The molecule has 2 rings (SSSR count). The molecule has 0 bridgehead atoms. The number of amides is 3. The Morgan fingerprint density at radius 2 is 1.83 bits per heavy atom. The van der Waals surface area contributed by atoms with E-state index >= 15 is 0 Å². The number of nitrogens with one attached hydrogen (secondary N) is 2. The number of hydrogen-bond acceptors (Lipinski definition) is 5. The molecule has 0 fully saturated rings. The monoisotopic (exact) mass is 332 g/mol. The molecule has 3 amide bonds. The lowest BCUT2D eigenvalue weighted by Gasteiger charge is -2.14. The summed E-state index contributed by atoms with van der Waals surface area (Å²) >= 11 is 1.31. The van der Waals surface area contributed by atoms with E-state index in [1.54, 1.807) is 6.92 Å². The van der Waals surface area contributed by atoms with Crippen LogP contribution in [0.15, 0.2) is 29.3 Å². The highest BCUT2D eigenvalue weighted by atomic mass is 32.2. The maximum atomic E-state index is 12.1. The van der Waals surface area contributed by atoms with Gasteiger partial charge in [0.1, 0.15) is 10.9 Å². The van der Waals surface area contributed by atoms with Gasteiger partial charge >= 0.3 is 6.03 Å². The highest BCUT2D eigenvalue weighted by Crippen LogP contribution is 2.28. The number of thioether (sulfide) groups is 1. The number of benzene rings is 1. The average Bonchev–Trinajstić information content (AvgIpc) is 2.45. The van der Waals surface area contributed by atoms with Gasteiger partial charge in [0.15, 0.2) is 0 Å². The summed E-state index contributed by atoms with van der Waals surface area (Å²) in [5.41, 5.74) is 0.840. The molecule has 1 atom stereocenters. The Labute approximate surface area is 139 Å². The number of imide groups is 1. The van der Waals surface area contributed by atoms with Crippen molar-refractivity contribution in [1.29, 1.82) is 0 Å². The van der Waals surface area contributed by atoms with Crippen LogP contribution >= 0.6 is 11.8 Å². The molecule has 0 spiro atoms. The Balaban J connectivity index is 2.12. The van der Waals surface area contributed by atoms with Gasteiger partial charge in [0.05, 0.1) is 10.8 Å². The minimum atomic E-state index is -0.485. The molecule has 0 aliphatic rings. The summed E-state index contributed by atoms with van der Waals surface area (Å²) in [5.74, 6) is 0.296. The molecule has 0 aliphatic carbocycles. The summed E-state index contributed by atoms with van der Waals surface area (Å²) in [6.07, 6.45) is 0. The van der Waals surface area contributed by atoms with Gasteiger partial charge in [-0.3, -0.25) is 10.1 Å². The lowest BCUT2D eigenvalue weighted by Crippen LogP contribution is -2.45. The quantitative estimate of drug-likeness (QED) is 0.664. The zero-order valence-electron chi connectivity index (χ0n) is 13.6. The molecular formula is C16H20N4O2S. The minimum Gasteiger partial charge on any atom is -0.336 e. The van der Waals surface area contributed by atoms with E-state index in [1.165, 1.54) is 11.8 Å². The molecule has 7 heteroatoms. The van der Waals surface area contributed by atoms with Gasteiger partial charge < -0.3 is 5.32 Å². The zero-order chi connectivity index (χ0) is 17.0. The summed E-state index contributed by atoms with van der Waals surface area (Å²) in [4.78, 5) is 32.5. The molecule has 0 saturated heterocycles. The average molecular weight is 332 g/mol. The van der Waals surface area contributed by atoms with Crippen LogP contribution in [0.5, 0.6) is 0 Å². The van der Waals surface area contributed by atoms with Crippen molar-refractivity contribution in [3.05, 3.63) is 30.1 Å². The second kappa shape index (κ2) is 7.41. The first-order valence-electron chi connectivity index (χ1n) is 7.38.